The fraction of sp³-hybridized carbons (Fsp3) is 0.405. The van der Waals surface area contributed by atoms with Crippen molar-refractivity contribution < 1.29 is 23.8 Å². The van der Waals surface area contributed by atoms with Gasteiger partial charge in [-0.1, -0.05) is 24.3 Å². The number of nitrogens with one attached hydrogen (secondary N) is 1. The molecule has 10 nitrogen and oxygen atoms in total. The molecule has 7 rings (SSSR count). The Morgan fingerprint density at radius 1 is 1.25 bits per heavy atom. The zero-order valence-corrected chi connectivity index (χ0v) is 27.0. The molecule has 2 saturated heterocycles. The number of phenolic OH excluding ortho intramolecular Hbond substituents is 1. The molecule has 4 heterocycles. The molecule has 48 heavy (non-hydrogen) atoms. The molecule has 248 valence electrons. The van der Waals surface area contributed by atoms with Crippen molar-refractivity contribution in [3.8, 4) is 28.8 Å². The number of likely N-dealkylation sites (tertiary alicyclic amines) is 1. The number of rotatable bonds is 9. The van der Waals surface area contributed by atoms with Crippen LogP contribution in [-0.4, -0.2) is 72.7 Å². The van der Waals surface area contributed by atoms with E-state index < -0.39 is 17.1 Å². The number of hydrogen-bond donors (Lipinski definition) is 3. The second kappa shape index (κ2) is 12.7. The standard InChI is InChI=1S/C37H39FN6O4/c1-43-15-6-10-24(43)20-48-35-34-31(37(12-7-14-41-21-37)36(47)44(34)19-29(40)46)28-17-23(9-4-5-13-39)30(32(38)33(28)42-35)27-18-25(45)16-22-8-2-3-11-26(22)27/h2-3,8,11,16-18,24,41,45H,4-7,9-10,12,14-15,19-21H2,1H3,(H2,40,46)/t24-,37?/m0/s1. The number of nitrogens with two attached hydrogens (primary N) is 1. The maximum Gasteiger partial charge on any atom is 0.239 e. The summed E-state index contributed by atoms with van der Waals surface area (Å²) in [6.07, 6.45) is 4.29. The number of halogens is 1. The Hall–Kier alpha value is -4.79. The van der Waals surface area contributed by atoms with Crippen LogP contribution in [0.2, 0.25) is 0 Å². The second-order valence-electron chi connectivity index (χ2n) is 13.3. The van der Waals surface area contributed by atoms with Gasteiger partial charge in [0.15, 0.2) is 5.82 Å². The number of aromatic hydroxyl groups is 1. The quantitative estimate of drug-likeness (QED) is 0.222. The van der Waals surface area contributed by atoms with Gasteiger partial charge >= 0.3 is 0 Å². The van der Waals surface area contributed by atoms with Gasteiger partial charge in [0, 0.05) is 35.5 Å². The summed E-state index contributed by atoms with van der Waals surface area (Å²) in [4.78, 5) is 35.3. The number of benzene rings is 3. The van der Waals surface area contributed by atoms with Crippen LogP contribution >= 0.6 is 0 Å². The van der Waals surface area contributed by atoms with Crippen LogP contribution in [0, 0.1) is 17.1 Å². The number of amides is 2. The molecule has 2 amide bonds. The molecule has 11 heteroatoms. The van der Waals surface area contributed by atoms with Gasteiger partial charge < -0.3 is 25.8 Å². The van der Waals surface area contributed by atoms with E-state index in [1.807, 2.05) is 37.4 Å². The van der Waals surface area contributed by atoms with Crippen molar-refractivity contribution in [2.75, 3.05) is 44.7 Å². The molecule has 1 aromatic heterocycles. The minimum Gasteiger partial charge on any atom is -0.508 e. The maximum absolute atomic E-state index is 17.5. The molecular weight excluding hydrogens is 611 g/mol. The number of aryl methyl sites for hydroxylation is 1. The number of hydrogen-bond acceptors (Lipinski definition) is 8. The van der Waals surface area contributed by atoms with Crippen LogP contribution in [0.3, 0.4) is 0 Å². The number of primary amides is 1. The summed E-state index contributed by atoms with van der Waals surface area (Å²) >= 11 is 0. The van der Waals surface area contributed by atoms with E-state index in [-0.39, 0.29) is 54.2 Å². The van der Waals surface area contributed by atoms with Gasteiger partial charge in [-0.15, -0.1) is 0 Å². The number of pyridine rings is 1. The number of unbranched alkanes of at least 4 members (excludes halogenated alkanes) is 1. The van der Waals surface area contributed by atoms with E-state index in [1.165, 1.54) is 4.90 Å². The molecule has 4 aromatic rings. The molecule has 2 fully saturated rings. The van der Waals surface area contributed by atoms with Gasteiger partial charge in [0.2, 0.25) is 17.7 Å². The number of phenols is 1. The molecular formula is C37H39FN6O4. The topological polar surface area (TPSA) is 145 Å². The molecule has 4 N–H and O–H groups in total. The first kappa shape index (κ1) is 31.8. The minimum atomic E-state index is -1.08. The molecule has 3 aromatic carbocycles. The average molecular weight is 651 g/mol. The Labute approximate surface area is 278 Å². The smallest absolute Gasteiger partial charge is 0.239 e. The number of anilines is 1. The first-order valence-corrected chi connectivity index (χ1v) is 16.7. The molecule has 0 bridgehead atoms. The Kier molecular flexibility index (Phi) is 8.39. The number of nitriles is 1. The van der Waals surface area contributed by atoms with E-state index >= 15 is 4.39 Å². The summed E-state index contributed by atoms with van der Waals surface area (Å²) in [5.74, 6) is -1.46. The Bertz CT molecular complexity index is 1990. The lowest BCUT2D eigenvalue weighted by atomic mass is 9.74. The van der Waals surface area contributed by atoms with Crippen LogP contribution in [-0.2, 0) is 21.4 Å². The number of nitrogens with zero attached hydrogens (tertiary/aromatic N) is 4. The third kappa shape index (κ3) is 5.29. The Morgan fingerprint density at radius 3 is 2.81 bits per heavy atom. The van der Waals surface area contributed by atoms with Crippen LogP contribution < -0.4 is 20.7 Å². The van der Waals surface area contributed by atoms with Gasteiger partial charge in [-0.2, -0.15) is 5.26 Å². The number of likely N-dealkylation sites (N-methyl/N-ethyl adjacent to an activating group) is 1. The third-order valence-corrected chi connectivity index (χ3v) is 10.3. The SMILES string of the molecule is CN1CCC[C@H]1COc1nc2c(F)c(-c3cc(O)cc4ccccc34)c(CCCC#N)cc2c2c1N(CC(N)=O)C(=O)C21CCCNC1. The minimum absolute atomic E-state index is 0.00212. The number of carbonyl (C=O) groups is 2. The highest BCUT2D eigenvalue weighted by Crippen LogP contribution is 2.53. The fourth-order valence-corrected chi connectivity index (χ4v) is 8.00. The van der Waals surface area contributed by atoms with Crippen molar-refractivity contribution in [1.82, 2.24) is 15.2 Å². The molecule has 1 spiro atoms. The summed E-state index contributed by atoms with van der Waals surface area (Å²) in [6.45, 7) is 1.89. The molecule has 0 aliphatic carbocycles. The lowest BCUT2D eigenvalue weighted by Gasteiger charge is -2.33. The second-order valence-corrected chi connectivity index (χ2v) is 13.3. The van der Waals surface area contributed by atoms with E-state index in [0.29, 0.717) is 60.0 Å². The molecule has 3 aliphatic heterocycles. The van der Waals surface area contributed by atoms with Gasteiger partial charge in [0.1, 0.15) is 30.1 Å². The summed E-state index contributed by atoms with van der Waals surface area (Å²) in [6, 6.07) is 14.9. The molecule has 3 aliphatic rings. The fourth-order valence-electron chi connectivity index (χ4n) is 8.00. The number of ether oxygens (including phenoxy) is 1. The monoisotopic (exact) mass is 650 g/mol. The molecule has 1 unspecified atom stereocenters. The van der Waals surface area contributed by atoms with E-state index in [2.05, 4.69) is 16.3 Å². The number of carbonyl (C=O) groups excluding carboxylic acids is 2. The highest BCUT2D eigenvalue weighted by atomic mass is 19.1. The highest BCUT2D eigenvalue weighted by Gasteiger charge is 2.54. The average Bonchev–Trinajstić information content (AvgIpc) is 3.58. The van der Waals surface area contributed by atoms with E-state index in [4.69, 9.17) is 15.5 Å². The van der Waals surface area contributed by atoms with Gasteiger partial charge in [-0.25, -0.2) is 9.37 Å². The number of piperidine rings is 1. The summed E-state index contributed by atoms with van der Waals surface area (Å²) in [5, 5.41) is 25.5. The van der Waals surface area contributed by atoms with E-state index in [9.17, 15) is 20.0 Å². The Morgan fingerprint density at radius 2 is 2.08 bits per heavy atom. The first-order chi connectivity index (χ1) is 23.2. The van der Waals surface area contributed by atoms with Crippen molar-refractivity contribution in [3.05, 3.63) is 59.4 Å². The van der Waals surface area contributed by atoms with E-state index in [1.54, 1.807) is 12.1 Å². The Balaban J connectivity index is 1.54. The van der Waals surface area contributed by atoms with Gasteiger partial charge in [0.05, 0.1) is 11.5 Å². The first-order valence-electron chi connectivity index (χ1n) is 16.7. The predicted octanol–water partition coefficient (Wildman–Crippen LogP) is 4.67. The zero-order valence-electron chi connectivity index (χ0n) is 27.0. The van der Waals surface area contributed by atoms with Gasteiger partial charge in [-0.3, -0.25) is 14.5 Å². The predicted molar refractivity (Wildman–Crippen MR) is 181 cm³/mol. The van der Waals surface area contributed by atoms with Crippen LogP contribution in [0.5, 0.6) is 11.6 Å². The van der Waals surface area contributed by atoms with Crippen molar-refractivity contribution in [3.63, 3.8) is 0 Å². The van der Waals surface area contributed by atoms with Gasteiger partial charge in [-0.05, 0) is 98.8 Å². The highest BCUT2D eigenvalue weighted by molar-refractivity contribution is 6.16. The zero-order chi connectivity index (χ0) is 33.6. The summed E-state index contributed by atoms with van der Waals surface area (Å²) in [5.41, 5.74) is 7.06. The summed E-state index contributed by atoms with van der Waals surface area (Å²) < 4.78 is 24.0. The number of aromatic nitrogens is 1. The van der Waals surface area contributed by atoms with E-state index in [0.717, 1.165) is 36.7 Å². The number of fused-ring (bicyclic) bond motifs is 5. The lowest BCUT2D eigenvalue weighted by Crippen LogP contribution is -2.51. The van der Waals surface area contributed by atoms with Crippen LogP contribution in [0.4, 0.5) is 10.1 Å². The largest absolute Gasteiger partial charge is 0.508 e. The maximum atomic E-state index is 17.5. The molecule has 0 radical (unpaired) electrons. The van der Waals surface area contributed by atoms with Crippen LogP contribution in [0.25, 0.3) is 32.8 Å². The third-order valence-electron chi connectivity index (χ3n) is 10.3. The van der Waals surface area contributed by atoms with Crippen LogP contribution in [0.1, 0.15) is 49.7 Å². The molecule has 0 saturated carbocycles. The van der Waals surface area contributed by atoms with Gasteiger partial charge in [0.25, 0.3) is 0 Å². The molecule has 2 atom stereocenters. The van der Waals surface area contributed by atoms with Crippen molar-refractivity contribution >= 4 is 39.2 Å². The van der Waals surface area contributed by atoms with Crippen LogP contribution in [0.15, 0.2) is 42.5 Å². The van der Waals surface area contributed by atoms with Crippen molar-refractivity contribution in [2.45, 2.75) is 56.4 Å². The summed E-state index contributed by atoms with van der Waals surface area (Å²) in [7, 11) is 2.03. The van der Waals surface area contributed by atoms with Crippen molar-refractivity contribution in [1.29, 1.82) is 5.26 Å². The van der Waals surface area contributed by atoms with Crippen molar-refractivity contribution in [2.24, 2.45) is 5.73 Å². The lowest BCUT2D eigenvalue weighted by molar-refractivity contribution is -0.125. The normalized spacial score (nSPS) is 20.9.